The molecule has 0 radical (unpaired) electrons. The zero-order chi connectivity index (χ0) is 77.2. The fraction of sp³-hybridized carbons (Fsp3) is 0.792. The molecule has 108 heavy (non-hydrogen) atoms. The van der Waals surface area contributed by atoms with Gasteiger partial charge in [0.15, 0.2) is 23.0 Å². The Balaban J connectivity index is 1.74. The summed E-state index contributed by atoms with van der Waals surface area (Å²) in [6, 6.07) is 16.1. The van der Waals surface area contributed by atoms with Crippen molar-refractivity contribution >= 4 is 35.3 Å². The van der Waals surface area contributed by atoms with Crippen LogP contribution in [0, 0.1) is 0 Å². The summed E-state index contributed by atoms with van der Waals surface area (Å²) in [5.74, 6) is 4.82. The molecule has 0 saturated carbocycles. The van der Waals surface area contributed by atoms with Gasteiger partial charge in [0.2, 0.25) is 11.5 Å². The standard InChI is InChI=1S/C96H168N2O8S2/c1-7-13-19-25-31-37-43-49-55-63-73-101-87-81-85(82-88(102-74-64-56-50-44-38-32-26-20-14-8-2)93(87)105-77-67-59-53-47-41-35-29-23-17-11-5)95(99)97-71-79-107-91-69-61-62-70-92(91)108-80-72-98-96(100)86-83-89(103-75-65-57-51-45-39-33-27-21-15-9-3)94(106-78-68-60-54-48-42-36-30-24-18-12-6)90(84-86)104-76-66-58-52-46-40-34-28-22-16-10-4/h61-62,69-70,81-84H,7-60,63-68,71-80H2,1-6H3,(H,97,99)(H,98,100). The zero-order valence-electron chi connectivity index (χ0n) is 71.2. The van der Waals surface area contributed by atoms with Crippen molar-refractivity contribution < 1.29 is 38.0 Å². The number of carbonyl (C=O) groups excluding carboxylic acids is 2. The molecule has 0 aliphatic heterocycles. The number of thioether (sulfide) groups is 2. The van der Waals surface area contributed by atoms with Crippen LogP contribution in [0.4, 0.5) is 0 Å². The number of amides is 2. The fourth-order valence-electron chi connectivity index (χ4n) is 14.3. The fourth-order valence-corrected chi connectivity index (χ4v) is 16.3. The lowest BCUT2D eigenvalue weighted by Gasteiger charge is -2.19. The molecule has 0 bridgehead atoms. The van der Waals surface area contributed by atoms with Crippen LogP contribution in [-0.2, 0) is 0 Å². The maximum atomic E-state index is 14.3. The van der Waals surface area contributed by atoms with Crippen LogP contribution in [0.3, 0.4) is 0 Å². The monoisotopic (exact) mass is 1540 g/mol. The minimum atomic E-state index is -0.144. The van der Waals surface area contributed by atoms with E-state index in [4.69, 9.17) is 28.4 Å². The molecule has 0 aliphatic rings. The number of carbonyl (C=O) groups is 2. The Morgan fingerprint density at radius 3 is 0.620 bits per heavy atom. The molecule has 0 spiro atoms. The Morgan fingerprint density at radius 1 is 0.250 bits per heavy atom. The SMILES string of the molecule is CCCCCCCCCCCCOc1cc(C(=O)NCCSc2ccccc2SCCNC(=O)c2cc(OCCCCCCCCCCCC)c(OCCCCCCCCCCCC)c(OCCCCCCCCCCCC)c2)cc(OCCCCCCCCCCCC)c1OCCCCCCCCCCCC. The maximum Gasteiger partial charge on any atom is 0.251 e. The molecule has 0 aromatic heterocycles. The van der Waals surface area contributed by atoms with E-state index in [0.29, 0.717) is 110 Å². The second-order valence-electron chi connectivity index (χ2n) is 31.4. The first-order chi connectivity index (χ1) is 53.4. The van der Waals surface area contributed by atoms with Crippen LogP contribution in [-0.4, -0.2) is 76.1 Å². The highest BCUT2D eigenvalue weighted by Gasteiger charge is 2.22. The number of benzene rings is 3. The molecule has 0 fully saturated rings. The van der Waals surface area contributed by atoms with Gasteiger partial charge in [0.25, 0.3) is 11.8 Å². The number of rotatable bonds is 82. The largest absolute Gasteiger partial charge is 0.490 e. The van der Waals surface area contributed by atoms with E-state index in [-0.39, 0.29) is 11.8 Å². The first-order valence-electron chi connectivity index (χ1n) is 46.4. The van der Waals surface area contributed by atoms with Gasteiger partial charge in [-0.3, -0.25) is 9.59 Å². The predicted octanol–water partition coefficient (Wildman–Crippen LogP) is 30.5. The molecule has 622 valence electrons. The highest BCUT2D eigenvalue weighted by atomic mass is 32.2. The van der Waals surface area contributed by atoms with Gasteiger partial charge >= 0.3 is 0 Å². The number of hydrogen-bond acceptors (Lipinski definition) is 10. The van der Waals surface area contributed by atoms with Gasteiger partial charge in [-0.1, -0.05) is 400 Å². The highest BCUT2D eigenvalue weighted by molar-refractivity contribution is 8.02. The molecule has 12 heteroatoms. The highest BCUT2D eigenvalue weighted by Crippen LogP contribution is 2.42. The van der Waals surface area contributed by atoms with Crippen molar-refractivity contribution in [3.8, 4) is 34.5 Å². The van der Waals surface area contributed by atoms with Gasteiger partial charge in [-0.2, -0.15) is 0 Å². The van der Waals surface area contributed by atoms with Gasteiger partial charge in [-0.25, -0.2) is 0 Å². The lowest BCUT2D eigenvalue weighted by Crippen LogP contribution is -2.26. The number of ether oxygens (including phenoxy) is 6. The normalized spacial score (nSPS) is 11.4. The summed E-state index contributed by atoms with van der Waals surface area (Å²) in [6.07, 6.45) is 75.5. The van der Waals surface area contributed by atoms with Gasteiger partial charge in [-0.05, 0) is 74.9 Å². The summed E-state index contributed by atoms with van der Waals surface area (Å²) in [4.78, 5) is 31.0. The van der Waals surface area contributed by atoms with Crippen molar-refractivity contribution in [2.75, 3.05) is 64.2 Å². The summed E-state index contributed by atoms with van der Waals surface area (Å²) in [7, 11) is 0. The minimum absolute atomic E-state index is 0.144. The van der Waals surface area contributed by atoms with Gasteiger partial charge in [0, 0.05) is 45.5 Å². The molecule has 3 aromatic carbocycles. The average molecular weight is 1540 g/mol. The van der Waals surface area contributed by atoms with Crippen LogP contribution >= 0.6 is 23.5 Å². The van der Waals surface area contributed by atoms with Crippen LogP contribution in [0.15, 0.2) is 58.3 Å². The van der Waals surface area contributed by atoms with Crippen molar-refractivity contribution in [1.29, 1.82) is 0 Å². The Bertz CT molecular complexity index is 2250. The van der Waals surface area contributed by atoms with Crippen molar-refractivity contribution in [2.24, 2.45) is 0 Å². The lowest BCUT2D eigenvalue weighted by molar-refractivity contribution is 0.0947. The Hall–Kier alpha value is -3.90. The topological polar surface area (TPSA) is 114 Å². The molecule has 0 aliphatic carbocycles. The summed E-state index contributed by atoms with van der Waals surface area (Å²) in [5, 5.41) is 6.53. The Morgan fingerprint density at radius 2 is 0.426 bits per heavy atom. The summed E-state index contributed by atoms with van der Waals surface area (Å²) >= 11 is 3.48. The third kappa shape index (κ3) is 53.9. The van der Waals surface area contributed by atoms with E-state index >= 15 is 0 Å². The smallest absolute Gasteiger partial charge is 0.251 e. The average Bonchev–Trinajstić information content (AvgIpc) is 0.806. The van der Waals surface area contributed by atoms with Crippen LogP contribution < -0.4 is 39.1 Å². The van der Waals surface area contributed by atoms with Crippen LogP contribution in [0.5, 0.6) is 34.5 Å². The van der Waals surface area contributed by atoms with Crippen molar-refractivity contribution in [1.82, 2.24) is 10.6 Å². The molecule has 2 amide bonds. The molecule has 10 nitrogen and oxygen atoms in total. The van der Waals surface area contributed by atoms with Crippen molar-refractivity contribution in [2.45, 2.75) is 437 Å². The molecule has 0 heterocycles. The molecule has 0 unspecified atom stereocenters. The lowest BCUT2D eigenvalue weighted by atomic mass is 10.1. The van der Waals surface area contributed by atoms with Crippen LogP contribution in [0.25, 0.3) is 0 Å². The van der Waals surface area contributed by atoms with Gasteiger partial charge in [0.05, 0.1) is 39.6 Å². The van der Waals surface area contributed by atoms with Gasteiger partial charge in [0.1, 0.15) is 0 Å². The number of nitrogens with one attached hydrogen (secondary N) is 2. The van der Waals surface area contributed by atoms with Gasteiger partial charge < -0.3 is 39.1 Å². The van der Waals surface area contributed by atoms with E-state index in [1.54, 1.807) is 23.5 Å². The van der Waals surface area contributed by atoms with E-state index in [1.807, 2.05) is 24.3 Å². The Labute approximate surface area is 674 Å². The molecule has 3 rings (SSSR count). The van der Waals surface area contributed by atoms with Crippen molar-refractivity contribution in [3.63, 3.8) is 0 Å². The third-order valence-electron chi connectivity index (χ3n) is 21.2. The summed E-state index contributed by atoms with van der Waals surface area (Å²) in [6.45, 7) is 18.1. The minimum Gasteiger partial charge on any atom is -0.490 e. The first kappa shape index (κ1) is 98.3. The summed E-state index contributed by atoms with van der Waals surface area (Å²) in [5.41, 5.74) is 1.07. The van der Waals surface area contributed by atoms with E-state index < -0.39 is 0 Å². The van der Waals surface area contributed by atoms with E-state index in [2.05, 4.69) is 76.4 Å². The maximum absolute atomic E-state index is 14.3. The van der Waals surface area contributed by atoms with Crippen LogP contribution in [0.2, 0.25) is 0 Å². The van der Waals surface area contributed by atoms with E-state index in [1.165, 1.54) is 308 Å². The number of hydrogen-bond donors (Lipinski definition) is 2. The third-order valence-corrected chi connectivity index (χ3v) is 23.5. The molecule has 3 aromatic rings. The molecular formula is C96H168N2O8S2. The molecule has 2 N–H and O–H groups in total. The molecular weight excluding hydrogens is 1370 g/mol. The van der Waals surface area contributed by atoms with Gasteiger partial charge in [-0.15, -0.1) is 23.5 Å². The molecule has 0 saturated heterocycles. The van der Waals surface area contributed by atoms with Crippen molar-refractivity contribution in [3.05, 3.63) is 59.7 Å². The summed E-state index contributed by atoms with van der Waals surface area (Å²) < 4.78 is 40.0. The van der Waals surface area contributed by atoms with E-state index in [0.717, 1.165) is 86.8 Å². The zero-order valence-corrected chi connectivity index (χ0v) is 72.8. The number of unbranched alkanes of at least 4 members (excludes halogenated alkanes) is 54. The van der Waals surface area contributed by atoms with Crippen LogP contribution in [0.1, 0.15) is 448 Å². The quantitative estimate of drug-likeness (QED) is 0.0418. The Kier molecular flexibility index (Phi) is 67.8. The predicted molar refractivity (Wildman–Crippen MR) is 469 cm³/mol. The second-order valence-corrected chi connectivity index (χ2v) is 33.7. The first-order valence-corrected chi connectivity index (χ1v) is 48.4. The van der Waals surface area contributed by atoms with E-state index in [9.17, 15) is 9.59 Å². The molecule has 0 atom stereocenters. The second kappa shape index (κ2) is 74.5.